The molecule has 13 heteroatoms. The molecule has 0 aromatic heterocycles. The van der Waals surface area contributed by atoms with Gasteiger partial charge in [0, 0.05) is 38.8 Å². The Morgan fingerprint density at radius 2 is 1.96 bits per heavy atom. The minimum atomic E-state index is -1.59. The third-order valence-corrected chi connectivity index (χ3v) is 10.7. The van der Waals surface area contributed by atoms with Crippen LogP contribution in [-0.2, 0) is 35.0 Å². The summed E-state index contributed by atoms with van der Waals surface area (Å²) in [6.45, 7) is 10.8. The van der Waals surface area contributed by atoms with Crippen LogP contribution in [0.3, 0.4) is 0 Å². The molecule has 8 atom stereocenters. The molecule has 264 valence electrons. The van der Waals surface area contributed by atoms with E-state index in [9.17, 15) is 24.3 Å². The summed E-state index contributed by atoms with van der Waals surface area (Å²) < 4.78 is 17.9. The summed E-state index contributed by atoms with van der Waals surface area (Å²) in [7, 11) is 3.14. The molecule has 3 amide bonds. The Hall–Kier alpha value is -3.06. The Labute approximate surface area is 293 Å². The average Bonchev–Trinajstić information content (AvgIpc) is 3.72. The monoisotopic (exact) mass is 705 g/mol. The molecule has 48 heavy (non-hydrogen) atoms. The molecule has 2 saturated heterocycles. The fourth-order valence-corrected chi connectivity index (χ4v) is 6.86. The summed E-state index contributed by atoms with van der Waals surface area (Å²) in [5, 5.41) is 14.6. The highest BCUT2D eigenvalue weighted by molar-refractivity contribution is 7.80. The molecular weight excluding hydrogens is 658 g/mol. The second-order valence-corrected chi connectivity index (χ2v) is 14.4. The van der Waals surface area contributed by atoms with Crippen LogP contribution in [0.5, 0.6) is 0 Å². The summed E-state index contributed by atoms with van der Waals surface area (Å²) >= 11 is 10.9. The number of rotatable bonds is 5. The second-order valence-electron chi connectivity index (χ2n) is 13.6. The Morgan fingerprint density at radius 1 is 1.27 bits per heavy atom. The van der Waals surface area contributed by atoms with Gasteiger partial charge in [-0.25, -0.2) is 9.59 Å². The summed E-state index contributed by atoms with van der Waals surface area (Å²) in [4.78, 5) is 55.5. The number of alkyl carbamates (subject to hydrolysis) is 1. The minimum Gasteiger partial charge on any atom is -0.457 e. The van der Waals surface area contributed by atoms with Gasteiger partial charge in [0.05, 0.1) is 23.2 Å². The number of epoxide rings is 1. The lowest BCUT2D eigenvalue weighted by Gasteiger charge is -2.41. The van der Waals surface area contributed by atoms with E-state index in [1.54, 1.807) is 20.9 Å². The highest BCUT2D eigenvalue weighted by Gasteiger charge is 2.64. The molecule has 11 nitrogen and oxygen atoms in total. The van der Waals surface area contributed by atoms with Crippen LogP contribution in [0, 0.1) is 18.8 Å². The number of fused-ring (bicyclic) bond motifs is 5. The molecule has 3 aliphatic heterocycles. The molecule has 2 N–H and O–H groups in total. The van der Waals surface area contributed by atoms with Crippen molar-refractivity contribution in [2.45, 2.75) is 103 Å². The zero-order valence-electron chi connectivity index (χ0n) is 28.9. The molecule has 0 radical (unpaired) electrons. The molecule has 0 aliphatic carbocycles. The molecule has 3 heterocycles. The number of thiol groups is 1. The van der Waals surface area contributed by atoms with Gasteiger partial charge in [0.15, 0.2) is 0 Å². The van der Waals surface area contributed by atoms with E-state index in [0.717, 1.165) is 16.7 Å². The van der Waals surface area contributed by atoms with Crippen LogP contribution in [0.25, 0.3) is 0 Å². The van der Waals surface area contributed by atoms with E-state index >= 15 is 0 Å². The van der Waals surface area contributed by atoms with Crippen LogP contribution in [0.4, 0.5) is 10.5 Å². The number of aliphatic hydroxyl groups is 1. The fourth-order valence-electron chi connectivity index (χ4n) is 6.43. The molecule has 0 spiro atoms. The summed E-state index contributed by atoms with van der Waals surface area (Å²) in [6.07, 6.45) is 3.02. The normalized spacial score (nSPS) is 33.3. The maximum Gasteiger partial charge on any atom is 0.409 e. The predicted octanol–water partition coefficient (Wildman–Crippen LogP) is 4.76. The number of nitrogens with one attached hydrogen (secondary N) is 1. The number of carbonyl (C=O) groups excluding carboxylic acids is 4. The van der Waals surface area contributed by atoms with Crippen molar-refractivity contribution in [3.05, 3.63) is 52.1 Å². The lowest BCUT2D eigenvalue weighted by atomic mass is 9.82. The van der Waals surface area contributed by atoms with E-state index in [-0.39, 0.29) is 31.1 Å². The van der Waals surface area contributed by atoms with Crippen LogP contribution in [-0.4, -0.2) is 89.4 Å². The predicted molar refractivity (Wildman–Crippen MR) is 186 cm³/mol. The molecule has 4 bridgehead atoms. The topological polar surface area (TPSA) is 138 Å². The van der Waals surface area contributed by atoms with Crippen molar-refractivity contribution >= 4 is 53.8 Å². The van der Waals surface area contributed by atoms with E-state index < -0.39 is 59.6 Å². The van der Waals surface area contributed by atoms with Crippen LogP contribution in [0.1, 0.15) is 65.0 Å². The van der Waals surface area contributed by atoms with Gasteiger partial charge in [0.1, 0.15) is 29.6 Å². The van der Waals surface area contributed by atoms with E-state index in [4.69, 9.17) is 25.8 Å². The van der Waals surface area contributed by atoms with E-state index in [1.807, 2.05) is 58.1 Å². The SMILES string of the molecule is C/C1=C\C=C\[C@@H](C)[C@@]2(O)C[C@H](OC(=O)N2)[C@@H](C)[C@@H]2O[C@@]2(C)[C@@H](OC(=O)[C@H](C)N(C)C(=O)CCS)CC(=O)N(C)c2cc(cc(C)c2Cl)C1. The number of nitrogens with zero attached hydrogens (tertiary/aromatic N) is 2. The van der Waals surface area contributed by atoms with Crippen LogP contribution >= 0.6 is 24.2 Å². The molecule has 0 saturated carbocycles. The number of esters is 1. The first kappa shape index (κ1) is 37.8. The highest BCUT2D eigenvalue weighted by Crippen LogP contribution is 2.49. The number of carbonyl (C=O) groups is 4. The summed E-state index contributed by atoms with van der Waals surface area (Å²) in [5.41, 5.74) is 0.543. The van der Waals surface area contributed by atoms with Gasteiger partial charge in [-0.1, -0.05) is 55.3 Å². The molecule has 1 aromatic rings. The van der Waals surface area contributed by atoms with Gasteiger partial charge < -0.3 is 29.1 Å². The minimum absolute atomic E-state index is 0.0782. The first-order valence-electron chi connectivity index (χ1n) is 16.3. The van der Waals surface area contributed by atoms with Crippen molar-refractivity contribution < 1.29 is 38.5 Å². The molecule has 4 rings (SSSR count). The maximum atomic E-state index is 14.0. The van der Waals surface area contributed by atoms with Crippen molar-refractivity contribution in [2.24, 2.45) is 11.8 Å². The van der Waals surface area contributed by atoms with Gasteiger partial charge in [0.25, 0.3) is 0 Å². The average molecular weight is 706 g/mol. The van der Waals surface area contributed by atoms with Gasteiger partial charge in [-0.05, 0) is 57.1 Å². The Balaban J connectivity index is 1.75. The molecule has 3 aliphatic rings. The number of hydrogen-bond donors (Lipinski definition) is 3. The van der Waals surface area contributed by atoms with Gasteiger partial charge in [0.2, 0.25) is 11.8 Å². The first-order valence-corrected chi connectivity index (χ1v) is 17.3. The number of benzene rings is 1. The van der Waals surface area contributed by atoms with Crippen molar-refractivity contribution in [1.82, 2.24) is 10.2 Å². The second kappa shape index (κ2) is 14.8. The molecule has 0 unspecified atom stereocenters. The van der Waals surface area contributed by atoms with Crippen LogP contribution in [0.15, 0.2) is 35.9 Å². The smallest absolute Gasteiger partial charge is 0.409 e. The number of anilines is 1. The van der Waals surface area contributed by atoms with E-state index in [0.29, 0.717) is 22.9 Å². The van der Waals surface area contributed by atoms with Crippen molar-refractivity contribution in [2.75, 3.05) is 24.7 Å². The van der Waals surface area contributed by atoms with Crippen molar-refractivity contribution in [3.63, 3.8) is 0 Å². The van der Waals surface area contributed by atoms with Crippen LogP contribution < -0.4 is 10.2 Å². The number of aryl methyl sites for hydroxylation is 1. The summed E-state index contributed by atoms with van der Waals surface area (Å²) in [5.74, 6) is -1.94. The number of ether oxygens (including phenoxy) is 3. The molecule has 1 aromatic carbocycles. The summed E-state index contributed by atoms with van der Waals surface area (Å²) in [6, 6.07) is 2.90. The number of allylic oxidation sites excluding steroid dienone is 3. The van der Waals surface area contributed by atoms with Crippen LogP contribution in [0.2, 0.25) is 5.02 Å². The number of halogens is 1. The zero-order valence-corrected chi connectivity index (χ0v) is 30.6. The lowest BCUT2D eigenvalue weighted by Crippen LogP contribution is -2.60. The first-order chi connectivity index (χ1) is 22.4. The van der Waals surface area contributed by atoms with Gasteiger partial charge >= 0.3 is 12.1 Å². The van der Waals surface area contributed by atoms with Gasteiger partial charge in [-0.15, -0.1) is 0 Å². The quantitative estimate of drug-likeness (QED) is 0.227. The Morgan fingerprint density at radius 3 is 2.62 bits per heavy atom. The number of amides is 3. The van der Waals surface area contributed by atoms with E-state index in [2.05, 4.69) is 17.9 Å². The third-order valence-electron chi connectivity index (χ3n) is 9.99. The molecule has 2 fully saturated rings. The van der Waals surface area contributed by atoms with Gasteiger partial charge in [-0.3, -0.25) is 14.9 Å². The fraction of sp³-hybridized carbons (Fsp3) is 0.600. The van der Waals surface area contributed by atoms with Gasteiger partial charge in [-0.2, -0.15) is 12.6 Å². The van der Waals surface area contributed by atoms with Crippen molar-refractivity contribution in [1.29, 1.82) is 0 Å². The zero-order chi connectivity index (χ0) is 35.7. The Bertz CT molecular complexity index is 1500. The maximum absolute atomic E-state index is 14.0. The standard InChI is InChI=1S/C35H48ClN3O8S/c1-19-10-9-11-21(3)35(44)18-26(45-33(43)37-35)22(4)31-34(6,47-31)27(46-32(42)23(5)38(7)28(40)12-13-48)17-29(41)39(8)25-16-24(14-19)15-20(2)30(25)36/h9-11,15-16,21-23,26-27,31,44,48H,12-14,17-18H2,1-8H3,(H,37,43)/b11-9+,19-10+/t21-,22-,23+,26+,27+,31+,34+,35+/m1/s1. The Kier molecular flexibility index (Phi) is 11.7. The largest absolute Gasteiger partial charge is 0.457 e. The number of hydrogen-bond acceptors (Lipinski definition) is 9. The third kappa shape index (κ3) is 8.04. The lowest BCUT2D eigenvalue weighted by molar-refractivity contribution is -0.161. The molecular formula is C35H48ClN3O8S. The number of likely N-dealkylation sites (N-methyl/N-ethyl adjacent to an activating group) is 1. The van der Waals surface area contributed by atoms with E-state index in [1.165, 1.54) is 16.8 Å². The van der Waals surface area contributed by atoms with Crippen molar-refractivity contribution in [3.8, 4) is 0 Å². The highest BCUT2D eigenvalue weighted by atomic mass is 35.5.